The van der Waals surface area contributed by atoms with E-state index in [9.17, 15) is 48.6 Å². The molecule has 19 nitrogen and oxygen atoms in total. The summed E-state index contributed by atoms with van der Waals surface area (Å²) in [6.07, 6.45) is 9.19. The molecule has 0 bridgehead atoms. The van der Waals surface area contributed by atoms with E-state index in [1.165, 1.54) is 0 Å². The van der Waals surface area contributed by atoms with Gasteiger partial charge in [0.25, 0.3) is 0 Å². The smallest absolute Gasteiger partial charge is 0.326 e. The zero-order valence-corrected chi connectivity index (χ0v) is 31.9. The summed E-state index contributed by atoms with van der Waals surface area (Å²) in [6, 6.07) is -2.70. The molecule has 0 rings (SSSR count). The Hall–Kier alpha value is -4.20. The summed E-state index contributed by atoms with van der Waals surface area (Å²) in [6.45, 7) is 1.53. The lowest BCUT2D eigenvalue weighted by atomic mass is 10.0. The average molecular weight is 791 g/mol. The number of nitrogens with one attached hydrogen (secondary N) is 4. The summed E-state index contributed by atoms with van der Waals surface area (Å²) in [5.41, 5.74) is 0. The molecular formula is C36H62N4O15. The second-order valence-electron chi connectivity index (χ2n) is 12.6. The van der Waals surface area contributed by atoms with Gasteiger partial charge in [-0.3, -0.25) is 24.0 Å². The second kappa shape index (κ2) is 35.5. The van der Waals surface area contributed by atoms with Crippen molar-refractivity contribution < 1.29 is 72.6 Å². The largest absolute Gasteiger partial charge is 0.481 e. The van der Waals surface area contributed by atoms with Crippen LogP contribution in [-0.4, -0.2) is 141 Å². The minimum Gasteiger partial charge on any atom is -0.481 e. The van der Waals surface area contributed by atoms with E-state index in [0.29, 0.717) is 25.7 Å². The van der Waals surface area contributed by atoms with E-state index in [1.54, 1.807) is 0 Å². The molecule has 0 heterocycles. The van der Waals surface area contributed by atoms with Crippen molar-refractivity contribution in [1.82, 2.24) is 21.3 Å². The van der Waals surface area contributed by atoms with Crippen LogP contribution in [0.25, 0.3) is 0 Å². The number of carboxylic acids is 3. The monoisotopic (exact) mass is 790 g/mol. The van der Waals surface area contributed by atoms with Gasteiger partial charge >= 0.3 is 17.9 Å². The highest BCUT2D eigenvalue weighted by atomic mass is 16.5. The molecule has 2 atom stereocenters. The van der Waals surface area contributed by atoms with Crippen LogP contribution in [0.4, 0.5) is 0 Å². The van der Waals surface area contributed by atoms with Crippen LogP contribution in [-0.2, 0) is 57.3 Å². The molecule has 0 aliphatic heterocycles. The minimum atomic E-state index is -1.38. The average Bonchev–Trinajstić information content (AvgIpc) is 3.13. The molecule has 7 N–H and O–H groups in total. The molecule has 0 fully saturated rings. The van der Waals surface area contributed by atoms with Gasteiger partial charge in [0.1, 0.15) is 31.6 Å². The van der Waals surface area contributed by atoms with E-state index in [2.05, 4.69) is 21.3 Å². The maximum Gasteiger partial charge on any atom is 0.326 e. The highest BCUT2D eigenvalue weighted by molar-refractivity contribution is 5.86. The minimum absolute atomic E-state index is 0.00783. The Labute approximate surface area is 322 Å². The van der Waals surface area contributed by atoms with Crippen LogP contribution in [0.5, 0.6) is 0 Å². The van der Waals surface area contributed by atoms with E-state index >= 15 is 0 Å². The number of aliphatic carboxylic acids is 3. The molecule has 0 aromatic heterocycles. The van der Waals surface area contributed by atoms with Crippen LogP contribution in [0.15, 0.2) is 0 Å². The number of ether oxygens (including phenoxy) is 4. The fourth-order valence-electron chi connectivity index (χ4n) is 4.98. The fourth-order valence-corrected chi connectivity index (χ4v) is 4.98. The maximum absolute atomic E-state index is 12.4. The number of carbonyl (C=O) groups is 8. The zero-order chi connectivity index (χ0) is 40.9. The van der Waals surface area contributed by atoms with Gasteiger partial charge in [-0.15, -0.1) is 0 Å². The van der Waals surface area contributed by atoms with Gasteiger partial charge in [-0.2, -0.15) is 0 Å². The lowest BCUT2D eigenvalue weighted by Crippen LogP contribution is -2.44. The first-order chi connectivity index (χ1) is 26.5. The van der Waals surface area contributed by atoms with Crippen molar-refractivity contribution in [3.05, 3.63) is 0 Å². The van der Waals surface area contributed by atoms with Crippen LogP contribution < -0.4 is 21.3 Å². The third kappa shape index (κ3) is 34.1. The van der Waals surface area contributed by atoms with Gasteiger partial charge in [0.15, 0.2) is 0 Å². The van der Waals surface area contributed by atoms with Crippen LogP contribution >= 0.6 is 0 Å². The molecule has 0 aromatic rings. The summed E-state index contributed by atoms with van der Waals surface area (Å²) >= 11 is 0. The van der Waals surface area contributed by atoms with Crippen molar-refractivity contribution in [3.8, 4) is 0 Å². The standard InChI is InChI=1S/C36H62N4O15/c41-19-22-54-24-23-52-21-18-38-33(45)27-55-26-25-53-20-17-37-30(42)15-13-28(35(48)49)40-32(44)16-14-29(36(50)51)39-31(43)11-9-7-5-3-1-2-4-6-8-10-12-34(46)47/h19,28-29H,1-18,20-27H2,(H,37,42)(H,38,45)(H,39,43)(H,40,44)(H,46,47)(H,48,49)(H,50,51)/t28-,29+/m1/s1. The van der Waals surface area contributed by atoms with Crippen molar-refractivity contribution in [3.63, 3.8) is 0 Å². The Morgan fingerprint density at radius 2 is 0.891 bits per heavy atom. The lowest BCUT2D eigenvalue weighted by Gasteiger charge is -2.17. The Bertz CT molecular complexity index is 1120. The molecule has 0 aromatic carbocycles. The van der Waals surface area contributed by atoms with E-state index < -0.39 is 47.7 Å². The van der Waals surface area contributed by atoms with Crippen LogP contribution in [0.3, 0.4) is 0 Å². The molecule has 316 valence electrons. The summed E-state index contributed by atoms with van der Waals surface area (Å²) in [5, 5.41) is 37.5. The van der Waals surface area contributed by atoms with Gasteiger partial charge in [0.05, 0.1) is 39.6 Å². The first-order valence-corrected chi connectivity index (χ1v) is 19.0. The zero-order valence-electron chi connectivity index (χ0n) is 31.9. The predicted molar refractivity (Wildman–Crippen MR) is 196 cm³/mol. The van der Waals surface area contributed by atoms with Gasteiger partial charge in [0, 0.05) is 38.8 Å². The van der Waals surface area contributed by atoms with Crippen LogP contribution in [0, 0.1) is 0 Å². The molecular weight excluding hydrogens is 728 g/mol. The van der Waals surface area contributed by atoms with Gasteiger partial charge in [-0.1, -0.05) is 51.4 Å². The SMILES string of the molecule is O=CCOCCOCCNC(=O)COCCOCCNC(=O)CC[C@@H](NC(=O)CC[C@H](NC(=O)CCCCCCCCCCCCC(=O)O)C(=O)O)C(=O)O. The highest BCUT2D eigenvalue weighted by Crippen LogP contribution is 2.12. The lowest BCUT2D eigenvalue weighted by molar-refractivity contribution is -0.143. The second-order valence-corrected chi connectivity index (χ2v) is 12.6. The fraction of sp³-hybridized carbons (Fsp3) is 0.778. The number of unbranched alkanes of at least 4 members (excludes halogenated alkanes) is 9. The van der Waals surface area contributed by atoms with Crippen molar-refractivity contribution in [2.24, 2.45) is 0 Å². The molecule has 0 aliphatic carbocycles. The Morgan fingerprint density at radius 1 is 0.473 bits per heavy atom. The number of aldehydes is 1. The number of carboxylic acid groups (broad SMARTS) is 3. The number of hydrogen-bond acceptors (Lipinski definition) is 12. The van der Waals surface area contributed by atoms with Gasteiger partial charge in [0.2, 0.25) is 23.6 Å². The Kier molecular flexibility index (Phi) is 32.8. The molecule has 0 aliphatic rings. The maximum atomic E-state index is 12.4. The third-order valence-electron chi connectivity index (χ3n) is 7.93. The highest BCUT2D eigenvalue weighted by Gasteiger charge is 2.24. The first kappa shape index (κ1) is 50.8. The van der Waals surface area contributed by atoms with Crippen LogP contribution in [0.1, 0.15) is 103 Å². The van der Waals surface area contributed by atoms with Crippen LogP contribution in [0.2, 0.25) is 0 Å². The van der Waals surface area contributed by atoms with Crippen molar-refractivity contribution in [2.45, 2.75) is 115 Å². The van der Waals surface area contributed by atoms with Gasteiger partial charge in [-0.25, -0.2) is 9.59 Å². The van der Waals surface area contributed by atoms with Gasteiger partial charge < -0.3 is 60.3 Å². The first-order valence-electron chi connectivity index (χ1n) is 19.0. The van der Waals surface area contributed by atoms with Gasteiger partial charge in [-0.05, 0) is 25.7 Å². The van der Waals surface area contributed by atoms with E-state index in [0.717, 1.165) is 51.4 Å². The molecule has 55 heavy (non-hydrogen) atoms. The number of rotatable bonds is 39. The topological polar surface area (TPSA) is 282 Å². The Balaban J connectivity index is 4.04. The predicted octanol–water partition coefficient (Wildman–Crippen LogP) is 0.949. The van der Waals surface area contributed by atoms with E-state index in [-0.39, 0.29) is 104 Å². The Morgan fingerprint density at radius 3 is 1.38 bits per heavy atom. The van der Waals surface area contributed by atoms with Crippen molar-refractivity contribution in [2.75, 3.05) is 65.9 Å². The molecule has 0 unspecified atom stereocenters. The van der Waals surface area contributed by atoms with Crippen molar-refractivity contribution >= 4 is 47.8 Å². The van der Waals surface area contributed by atoms with Crippen molar-refractivity contribution in [1.29, 1.82) is 0 Å². The summed E-state index contributed by atoms with van der Waals surface area (Å²) in [4.78, 5) is 92.5. The molecule has 0 spiro atoms. The summed E-state index contributed by atoms with van der Waals surface area (Å²) in [5.74, 6) is -5.42. The summed E-state index contributed by atoms with van der Waals surface area (Å²) < 4.78 is 20.7. The number of carbonyl (C=O) groups excluding carboxylic acids is 5. The number of hydrogen-bond donors (Lipinski definition) is 7. The van der Waals surface area contributed by atoms with E-state index in [4.69, 9.17) is 24.1 Å². The molecule has 0 radical (unpaired) electrons. The molecule has 4 amide bonds. The molecule has 19 heteroatoms. The van der Waals surface area contributed by atoms with E-state index in [1.807, 2.05) is 0 Å². The summed E-state index contributed by atoms with van der Waals surface area (Å²) in [7, 11) is 0. The quantitative estimate of drug-likeness (QED) is 0.0337. The molecule has 0 saturated heterocycles. The number of amides is 4. The normalized spacial score (nSPS) is 11.9. The molecule has 0 saturated carbocycles. The third-order valence-corrected chi connectivity index (χ3v) is 7.93.